The fourth-order valence-electron chi connectivity index (χ4n) is 3.12. The molecule has 0 aromatic carbocycles. The third kappa shape index (κ3) is 3.20. The molecule has 17 heavy (non-hydrogen) atoms. The Labute approximate surface area is 104 Å². The Morgan fingerprint density at radius 2 is 1.76 bits per heavy atom. The third-order valence-electron chi connectivity index (χ3n) is 4.25. The van der Waals surface area contributed by atoms with Crippen molar-refractivity contribution in [2.75, 3.05) is 6.61 Å². The van der Waals surface area contributed by atoms with E-state index in [0.29, 0.717) is 12.3 Å². The lowest BCUT2D eigenvalue weighted by molar-refractivity contribution is 0.0425. The molecule has 2 aliphatic rings. The summed E-state index contributed by atoms with van der Waals surface area (Å²) in [4.78, 5) is 0. The summed E-state index contributed by atoms with van der Waals surface area (Å²) in [5.41, 5.74) is -0.310. The van der Waals surface area contributed by atoms with E-state index in [1.165, 1.54) is 19.3 Å². The first kappa shape index (κ1) is 12.8. The van der Waals surface area contributed by atoms with Gasteiger partial charge < -0.3 is 10.2 Å². The van der Waals surface area contributed by atoms with E-state index in [4.69, 9.17) is 0 Å². The molecule has 2 heteroatoms. The minimum Gasteiger partial charge on any atom is -0.395 e. The van der Waals surface area contributed by atoms with Gasteiger partial charge in [-0.15, -0.1) is 0 Å². The van der Waals surface area contributed by atoms with Crippen molar-refractivity contribution in [2.45, 2.75) is 51.0 Å². The Morgan fingerprint density at radius 1 is 1.12 bits per heavy atom. The van der Waals surface area contributed by atoms with Crippen LogP contribution in [0.1, 0.15) is 44.9 Å². The molecule has 1 saturated carbocycles. The van der Waals surface area contributed by atoms with Crippen LogP contribution in [0.4, 0.5) is 0 Å². The van der Waals surface area contributed by atoms with Gasteiger partial charge >= 0.3 is 0 Å². The van der Waals surface area contributed by atoms with E-state index in [2.05, 4.69) is 24.3 Å². The van der Waals surface area contributed by atoms with Crippen LogP contribution < -0.4 is 0 Å². The Balaban J connectivity index is 1.95. The zero-order valence-electron chi connectivity index (χ0n) is 10.5. The maximum absolute atomic E-state index is 10.3. The highest BCUT2D eigenvalue weighted by atomic mass is 16.3. The molecule has 2 rings (SSSR count). The standard InChI is InChI=1S/C15H24O2/c16-12-15(9-5-2-6-10-15)11-14(17)13-7-3-1-4-8-13/h5-6,9-10,13-14,16-17H,1-4,7-8,11-12H2/t14-/m1/s1. The SMILES string of the molecule is OCC1(C[C@@H](O)C2CCCCC2)C=CCC=C1. The molecule has 1 atom stereocenters. The van der Waals surface area contributed by atoms with Crippen molar-refractivity contribution >= 4 is 0 Å². The molecule has 0 aromatic heterocycles. The molecule has 0 saturated heterocycles. The fraction of sp³-hybridized carbons (Fsp3) is 0.733. The van der Waals surface area contributed by atoms with E-state index in [9.17, 15) is 10.2 Å². The van der Waals surface area contributed by atoms with Crippen molar-refractivity contribution in [3.8, 4) is 0 Å². The Morgan fingerprint density at radius 3 is 2.35 bits per heavy atom. The number of allylic oxidation sites excluding steroid dienone is 2. The lowest BCUT2D eigenvalue weighted by Gasteiger charge is -2.34. The molecule has 0 spiro atoms. The molecular formula is C15H24O2. The van der Waals surface area contributed by atoms with Crippen LogP contribution in [-0.4, -0.2) is 22.9 Å². The van der Waals surface area contributed by atoms with Crippen LogP contribution >= 0.6 is 0 Å². The van der Waals surface area contributed by atoms with Crippen LogP contribution in [0.3, 0.4) is 0 Å². The molecule has 96 valence electrons. The normalized spacial score (nSPS) is 26.0. The largest absolute Gasteiger partial charge is 0.395 e. The van der Waals surface area contributed by atoms with E-state index < -0.39 is 0 Å². The van der Waals surface area contributed by atoms with Crippen LogP contribution in [0.15, 0.2) is 24.3 Å². The monoisotopic (exact) mass is 236 g/mol. The van der Waals surface area contributed by atoms with Gasteiger partial charge in [-0.25, -0.2) is 0 Å². The molecule has 2 aliphatic carbocycles. The van der Waals surface area contributed by atoms with Crippen molar-refractivity contribution in [3.05, 3.63) is 24.3 Å². The van der Waals surface area contributed by atoms with E-state index in [1.807, 2.05) is 0 Å². The number of aliphatic hydroxyl groups excluding tert-OH is 2. The first-order valence-electron chi connectivity index (χ1n) is 6.90. The van der Waals surface area contributed by atoms with Crippen LogP contribution in [0, 0.1) is 11.3 Å². The first-order valence-corrected chi connectivity index (χ1v) is 6.90. The van der Waals surface area contributed by atoms with Crippen LogP contribution in [0.5, 0.6) is 0 Å². The van der Waals surface area contributed by atoms with E-state index in [1.54, 1.807) is 0 Å². The number of hydrogen-bond acceptors (Lipinski definition) is 2. The van der Waals surface area contributed by atoms with Crippen molar-refractivity contribution < 1.29 is 10.2 Å². The number of aliphatic hydroxyl groups is 2. The topological polar surface area (TPSA) is 40.5 Å². The van der Waals surface area contributed by atoms with E-state index >= 15 is 0 Å². The second kappa shape index (κ2) is 5.83. The van der Waals surface area contributed by atoms with Gasteiger partial charge in [-0.1, -0.05) is 43.6 Å². The summed E-state index contributed by atoms with van der Waals surface area (Å²) in [5, 5.41) is 19.9. The highest BCUT2D eigenvalue weighted by Crippen LogP contribution is 2.36. The van der Waals surface area contributed by atoms with E-state index in [0.717, 1.165) is 19.3 Å². The smallest absolute Gasteiger partial charge is 0.0580 e. The molecule has 0 unspecified atom stereocenters. The molecule has 0 bridgehead atoms. The average molecular weight is 236 g/mol. The second-order valence-electron chi connectivity index (χ2n) is 5.60. The summed E-state index contributed by atoms with van der Waals surface area (Å²) in [5.74, 6) is 0.441. The van der Waals surface area contributed by atoms with Crippen molar-refractivity contribution in [3.63, 3.8) is 0 Å². The lowest BCUT2D eigenvalue weighted by Crippen LogP contribution is -2.32. The van der Waals surface area contributed by atoms with Gasteiger partial charge in [0.05, 0.1) is 12.7 Å². The zero-order chi connectivity index (χ0) is 12.1. The molecule has 0 aromatic rings. The van der Waals surface area contributed by atoms with E-state index in [-0.39, 0.29) is 18.1 Å². The molecule has 0 heterocycles. The summed E-state index contributed by atoms with van der Waals surface area (Å²) >= 11 is 0. The Hall–Kier alpha value is -0.600. The molecular weight excluding hydrogens is 212 g/mol. The van der Waals surface area contributed by atoms with Crippen molar-refractivity contribution in [2.24, 2.45) is 11.3 Å². The van der Waals surface area contributed by atoms with Crippen LogP contribution in [0.2, 0.25) is 0 Å². The fourth-order valence-corrected chi connectivity index (χ4v) is 3.12. The lowest BCUT2D eigenvalue weighted by atomic mass is 9.74. The molecule has 0 radical (unpaired) electrons. The molecule has 2 nitrogen and oxygen atoms in total. The first-order chi connectivity index (χ1) is 8.26. The maximum atomic E-state index is 10.3. The third-order valence-corrected chi connectivity index (χ3v) is 4.25. The molecule has 0 aliphatic heterocycles. The summed E-state index contributed by atoms with van der Waals surface area (Å²) < 4.78 is 0. The predicted molar refractivity (Wildman–Crippen MR) is 69.6 cm³/mol. The molecule has 0 amide bonds. The zero-order valence-corrected chi connectivity index (χ0v) is 10.5. The molecule has 1 fully saturated rings. The quantitative estimate of drug-likeness (QED) is 0.737. The van der Waals surface area contributed by atoms with Gasteiger partial charge in [0.2, 0.25) is 0 Å². The van der Waals surface area contributed by atoms with Gasteiger partial charge in [-0.05, 0) is 31.6 Å². The van der Waals surface area contributed by atoms with Gasteiger partial charge in [-0.3, -0.25) is 0 Å². The van der Waals surface area contributed by atoms with Crippen molar-refractivity contribution in [1.29, 1.82) is 0 Å². The van der Waals surface area contributed by atoms with Crippen LogP contribution in [0.25, 0.3) is 0 Å². The number of rotatable bonds is 4. The highest BCUT2D eigenvalue weighted by molar-refractivity contribution is 5.18. The minimum atomic E-state index is -0.310. The van der Waals surface area contributed by atoms with Gasteiger partial charge in [-0.2, -0.15) is 0 Å². The Kier molecular flexibility index (Phi) is 4.41. The van der Waals surface area contributed by atoms with Gasteiger partial charge in [0, 0.05) is 5.41 Å². The summed E-state index contributed by atoms with van der Waals surface area (Å²) in [6.07, 6.45) is 15.8. The maximum Gasteiger partial charge on any atom is 0.0580 e. The second-order valence-corrected chi connectivity index (χ2v) is 5.60. The van der Waals surface area contributed by atoms with Gasteiger partial charge in [0.1, 0.15) is 0 Å². The minimum absolute atomic E-state index is 0.101. The molecule has 2 N–H and O–H groups in total. The van der Waals surface area contributed by atoms with Gasteiger partial charge in [0.15, 0.2) is 0 Å². The summed E-state index contributed by atoms with van der Waals surface area (Å²) in [6, 6.07) is 0. The number of hydrogen-bond donors (Lipinski definition) is 2. The highest BCUT2D eigenvalue weighted by Gasteiger charge is 2.31. The predicted octanol–water partition coefficient (Wildman–Crippen LogP) is 2.81. The summed E-state index contributed by atoms with van der Waals surface area (Å²) in [6.45, 7) is 0.101. The van der Waals surface area contributed by atoms with Gasteiger partial charge in [0.25, 0.3) is 0 Å². The van der Waals surface area contributed by atoms with Crippen LogP contribution in [-0.2, 0) is 0 Å². The average Bonchev–Trinajstić information content (AvgIpc) is 2.41. The summed E-state index contributed by atoms with van der Waals surface area (Å²) in [7, 11) is 0. The van der Waals surface area contributed by atoms with Crippen molar-refractivity contribution in [1.82, 2.24) is 0 Å². The Bertz CT molecular complexity index is 275.